The highest BCUT2D eigenvalue weighted by molar-refractivity contribution is 5.89. The van der Waals surface area contributed by atoms with Gasteiger partial charge in [-0.05, 0) is 31.0 Å². The van der Waals surface area contributed by atoms with E-state index in [1.54, 1.807) is 6.92 Å². The van der Waals surface area contributed by atoms with Crippen molar-refractivity contribution in [2.75, 3.05) is 6.61 Å². The van der Waals surface area contributed by atoms with Crippen molar-refractivity contribution < 1.29 is 37.4 Å². The number of halogens is 3. The maximum atomic E-state index is 12.6. The van der Waals surface area contributed by atoms with E-state index in [-0.39, 0.29) is 18.6 Å². The van der Waals surface area contributed by atoms with Gasteiger partial charge in [0.25, 0.3) is 5.91 Å². The molecule has 0 aliphatic carbocycles. The van der Waals surface area contributed by atoms with Crippen LogP contribution in [-0.4, -0.2) is 35.5 Å². The Morgan fingerprint density at radius 3 is 2.22 bits per heavy atom. The molecule has 1 aromatic carbocycles. The molecule has 3 atom stereocenters. The quantitative estimate of drug-likeness (QED) is 0.578. The Morgan fingerprint density at radius 2 is 1.78 bits per heavy atom. The van der Waals surface area contributed by atoms with Crippen LogP contribution in [0.4, 0.5) is 13.2 Å². The van der Waals surface area contributed by atoms with E-state index in [2.05, 4.69) is 5.32 Å². The summed E-state index contributed by atoms with van der Waals surface area (Å²) in [5.41, 5.74) is 4.17. The van der Waals surface area contributed by atoms with Gasteiger partial charge in [-0.1, -0.05) is 19.1 Å². The minimum atomic E-state index is -4.55. The Bertz CT molecular complexity index is 676. The average Bonchev–Trinajstić information content (AvgIpc) is 2.59. The maximum Gasteiger partial charge on any atom is 0.416 e. The summed E-state index contributed by atoms with van der Waals surface area (Å²) >= 11 is 0. The van der Waals surface area contributed by atoms with Crippen LogP contribution in [0.5, 0.6) is 0 Å². The van der Waals surface area contributed by atoms with Crippen molar-refractivity contribution in [1.29, 1.82) is 0 Å². The first-order valence-electron chi connectivity index (χ1n) is 8.08. The van der Waals surface area contributed by atoms with Crippen molar-refractivity contribution in [3.8, 4) is 0 Å². The number of benzene rings is 1. The number of nitrogens with two attached hydrogens (primary N) is 1. The Balaban J connectivity index is 2.80. The van der Waals surface area contributed by atoms with Crippen LogP contribution in [0.15, 0.2) is 24.3 Å². The number of esters is 1. The summed E-state index contributed by atoms with van der Waals surface area (Å²) in [4.78, 5) is 35.3. The molecule has 0 spiro atoms. The molecule has 0 aromatic heterocycles. The largest absolute Gasteiger partial charge is 0.466 e. The smallest absolute Gasteiger partial charge is 0.416 e. The zero-order valence-corrected chi connectivity index (χ0v) is 14.7. The van der Waals surface area contributed by atoms with Gasteiger partial charge in [0, 0.05) is 0 Å². The molecule has 0 unspecified atom stereocenters. The molecule has 0 aliphatic heterocycles. The van der Waals surface area contributed by atoms with Crippen molar-refractivity contribution >= 4 is 17.8 Å². The second-order valence-corrected chi connectivity index (χ2v) is 5.87. The van der Waals surface area contributed by atoms with E-state index in [0.29, 0.717) is 0 Å². The molecule has 7 nitrogen and oxygen atoms in total. The number of rotatable bonds is 8. The van der Waals surface area contributed by atoms with Crippen molar-refractivity contribution in [3.05, 3.63) is 35.4 Å². The molecule has 4 N–H and O–H groups in total. The molecule has 150 valence electrons. The third-order valence-electron chi connectivity index (χ3n) is 3.74. The van der Waals surface area contributed by atoms with Gasteiger partial charge in [-0.3, -0.25) is 14.4 Å². The van der Waals surface area contributed by atoms with Crippen LogP contribution in [0.3, 0.4) is 0 Å². The number of ether oxygens (including phenoxy) is 1. The van der Waals surface area contributed by atoms with Crippen LogP contribution in [0.2, 0.25) is 0 Å². The van der Waals surface area contributed by atoms with Crippen LogP contribution in [-0.2, 0) is 25.3 Å². The van der Waals surface area contributed by atoms with E-state index in [4.69, 9.17) is 10.5 Å². The summed E-state index contributed by atoms with van der Waals surface area (Å²) in [7, 11) is 0. The molecular formula is C17H21F3N2O5. The predicted octanol–water partition coefficient (Wildman–Crippen LogP) is 1.30. The van der Waals surface area contributed by atoms with Gasteiger partial charge in [-0.25, -0.2) is 0 Å². The fraction of sp³-hybridized carbons (Fsp3) is 0.471. The van der Waals surface area contributed by atoms with E-state index < -0.39 is 47.6 Å². The molecule has 1 aromatic rings. The van der Waals surface area contributed by atoms with Crippen LogP contribution in [0.25, 0.3) is 0 Å². The molecule has 2 amide bonds. The van der Waals surface area contributed by atoms with Crippen LogP contribution >= 0.6 is 0 Å². The molecule has 0 aliphatic rings. The van der Waals surface area contributed by atoms with Crippen molar-refractivity contribution in [3.63, 3.8) is 0 Å². The monoisotopic (exact) mass is 390 g/mol. The Morgan fingerprint density at radius 1 is 1.22 bits per heavy atom. The fourth-order valence-corrected chi connectivity index (χ4v) is 2.24. The third-order valence-corrected chi connectivity index (χ3v) is 3.74. The number of nitrogens with one attached hydrogen (secondary N) is 1. The molecule has 27 heavy (non-hydrogen) atoms. The highest BCUT2D eigenvalue weighted by Crippen LogP contribution is 2.30. The lowest BCUT2D eigenvalue weighted by molar-refractivity contribution is -0.148. The number of primary amides is 1. The minimum absolute atomic E-state index is 0.0952. The lowest BCUT2D eigenvalue weighted by atomic mass is 10.0. The zero-order chi connectivity index (χ0) is 20.8. The van der Waals surface area contributed by atoms with Crippen LogP contribution in [0, 0.1) is 5.92 Å². The van der Waals surface area contributed by atoms with Crippen molar-refractivity contribution in [2.45, 2.75) is 38.6 Å². The normalized spacial score (nSPS) is 14.7. The van der Waals surface area contributed by atoms with E-state index in [1.165, 1.54) is 6.92 Å². The molecule has 0 radical (unpaired) electrons. The molecule has 0 bridgehead atoms. The highest BCUT2D eigenvalue weighted by Gasteiger charge is 2.31. The zero-order valence-electron chi connectivity index (χ0n) is 14.7. The molecule has 1 rings (SSSR count). The summed E-state index contributed by atoms with van der Waals surface area (Å²) in [6, 6.07) is 2.09. The van der Waals surface area contributed by atoms with E-state index >= 15 is 0 Å². The Kier molecular flexibility index (Phi) is 7.77. The predicted molar refractivity (Wildman–Crippen MR) is 87.9 cm³/mol. The van der Waals surface area contributed by atoms with Crippen molar-refractivity contribution in [1.82, 2.24) is 5.32 Å². The lowest BCUT2D eigenvalue weighted by Gasteiger charge is -2.20. The molecular weight excluding hydrogens is 369 g/mol. The Labute approximate surface area is 153 Å². The number of carbonyl (C=O) groups excluding carboxylic acids is 3. The van der Waals surface area contributed by atoms with Gasteiger partial charge >= 0.3 is 12.1 Å². The number of alkyl halides is 3. The van der Waals surface area contributed by atoms with Gasteiger partial charge < -0.3 is 20.9 Å². The lowest BCUT2D eigenvalue weighted by Crippen LogP contribution is -2.47. The average molecular weight is 390 g/mol. The summed E-state index contributed by atoms with van der Waals surface area (Å²) in [5, 5.41) is 12.2. The van der Waals surface area contributed by atoms with Gasteiger partial charge in [-0.2, -0.15) is 13.2 Å². The number of aliphatic hydroxyl groups excluding tert-OH is 1. The number of amides is 2. The van der Waals surface area contributed by atoms with Gasteiger partial charge in [0.1, 0.15) is 6.04 Å². The molecule has 0 saturated heterocycles. The first-order chi connectivity index (χ1) is 12.5. The standard InChI is InChI=1S/C17H21F3N2O5/c1-3-27-16(26)9(2)8-12(14(21)24)22-15(25)13(23)10-4-6-11(7-5-10)17(18,19)20/h4-7,9,12-13,23H,3,8H2,1-2H3,(H2,21,24)(H,22,25)/t9-,12+,13-/m1/s1. The fourth-order valence-electron chi connectivity index (χ4n) is 2.24. The second-order valence-electron chi connectivity index (χ2n) is 5.87. The summed E-state index contributed by atoms with van der Waals surface area (Å²) in [5.74, 6) is -3.29. The second kappa shape index (κ2) is 9.36. The van der Waals surface area contributed by atoms with Crippen LogP contribution < -0.4 is 11.1 Å². The topological polar surface area (TPSA) is 119 Å². The SMILES string of the molecule is CCOC(=O)[C@H](C)C[C@H](NC(=O)[C@H](O)c1ccc(C(F)(F)F)cc1)C(N)=O. The first kappa shape index (κ1) is 22.4. The summed E-state index contributed by atoms with van der Waals surface area (Å²) < 4.78 is 42.5. The maximum absolute atomic E-state index is 12.6. The number of carbonyl (C=O) groups is 3. The Hall–Kier alpha value is -2.62. The number of aliphatic hydroxyl groups is 1. The molecule has 0 heterocycles. The van der Waals surface area contributed by atoms with E-state index in [1.807, 2.05) is 0 Å². The number of hydrogen-bond donors (Lipinski definition) is 3. The van der Waals surface area contributed by atoms with Gasteiger partial charge in [0.05, 0.1) is 18.1 Å². The molecule has 10 heteroatoms. The highest BCUT2D eigenvalue weighted by atomic mass is 19.4. The number of hydrogen-bond acceptors (Lipinski definition) is 5. The summed E-state index contributed by atoms with van der Waals surface area (Å²) in [6.45, 7) is 3.23. The minimum Gasteiger partial charge on any atom is -0.466 e. The van der Waals surface area contributed by atoms with Gasteiger partial charge in [-0.15, -0.1) is 0 Å². The van der Waals surface area contributed by atoms with Gasteiger partial charge in [0.15, 0.2) is 6.10 Å². The van der Waals surface area contributed by atoms with Crippen LogP contribution in [0.1, 0.15) is 37.5 Å². The first-order valence-corrected chi connectivity index (χ1v) is 8.08. The summed E-state index contributed by atoms with van der Waals surface area (Å²) in [6.07, 6.45) is -6.52. The molecule has 0 fully saturated rings. The van der Waals surface area contributed by atoms with Crippen molar-refractivity contribution in [2.24, 2.45) is 11.7 Å². The van der Waals surface area contributed by atoms with E-state index in [0.717, 1.165) is 24.3 Å². The van der Waals surface area contributed by atoms with Gasteiger partial charge in [0.2, 0.25) is 5.91 Å². The molecule has 0 saturated carbocycles. The van der Waals surface area contributed by atoms with E-state index in [9.17, 15) is 32.7 Å². The third kappa shape index (κ3) is 6.55.